The first-order chi connectivity index (χ1) is 8.77. The molecule has 0 atom stereocenters. The number of amides is 1. The molecule has 0 saturated carbocycles. The van der Waals surface area contributed by atoms with Crippen molar-refractivity contribution in [2.75, 3.05) is 66.1 Å². The lowest BCUT2D eigenvalue weighted by atomic mass is 10.3. The maximum atomic E-state index is 12.1. The molecule has 0 aromatic heterocycles. The van der Waals surface area contributed by atoms with Gasteiger partial charge in [-0.25, -0.2) is 0 Å². The summed E-state index contributed by atoms with van der Waals surface area (Å²) in [5.41, 5.74) is 0. The summed E-state index contributed by atoms with van der Waals surface area (Å²) in [6.45, 7) is 5.69. The molecular weight excluding hydrogens is 234 g/mol. The summed E-state index contributed by atoms with van der Waals surface area (Å²) < 4.78 is 4.98. The van der Waals surface area contributed by atoms with Crippen LogP contribution in [-0.4, -0.2) is 87.0 Å². The van der Waals surface area contributed by atoms with Crippen LogP contribution in [0.1, 0.15) is 6.42 Å². The van der Waals surface area contributed by atoms with Crippen LogP contribution in [0.2, 0.25) is 0 Å². The fourth-order valence-corrected chi connectivity index (χ4v) is 2.03. The van der Waals surface area contributed by atoms with E-state index in [-0.39, 0.29) is 12.5 Å². The van der Waals surface area contributed by atoms with Crippen LogP contribution < -0.4 is 5.32 Å². The molecule has 1 saturated heterocycles. The Bertz CT molecular complexity index is 231. The third-order valence-electron chi connectivity index (χ3n) is 3.08. The van der Waals surface area contributed by atoms with E-state index in [9.17, 15) is 4.79 Å². The third kappa shape index (κ3) is 5.77. The molecule has 0 spiro atoms. The summed E-state index contributed by atoms with van der Waals surface area (Å²) in [6.07, 6.45) is 1.07. The van der Waals surface area contributed by atoms with Gasteiger partial charge in [0.15, 0.2) is 0 Å². The number of ether oxygens (including phenoxy) is 1. The number of aliphatic hydroxyl groups excluding tert-OH is 1. The number of methoxy groups -OCH3 is 1. The van der Waals surface area contributed by atoms with Crippen molar-refractivity contribution in [3.05, 3.63) is 0 Å². The SMILES string of the molecule is COCCN(CCO)C(=O)CN1CCCNCC1. The Morgan fingerprint density at radius 3 is 2.94 bits per heavy atom. The maximum Gasteiger partial charge on any atom is 0.236 e. The van der Waals surface area contributed by atoms with Gasteiger partial charge in [-0.15, -0.1) is 0 Å². The van der Waals surface area contributed by atoms with Crippen LogP contribution in [0.3, 0.4) is 0 Å². The first-order valence-corrected chi connectivity index (χ1v) is 6.58. The minimum Gasteiger partial charge on any atom is -0.395 e. The highest BCUT2D eigenvalue weighted by atomic mass is 16.5. The van der Waals surface area contributed by atoms with E-state index in [4.69, 9.17) is 9.84 Å². The van der Waals surface area contributed by atoms with E-state index in [1.807, 2.05) is 0 Å². The number of rotatable bonds is 7. The summed E-state index contributed by atoms with van der Waals surface area (Å²) in [6, 6.07) is 0. The summed E-state index contributed by atoms with van der Waals surface area (Å²) in [7, 11) is 1.61. The normalized spacial score (nSPS) is 17.4. The molecule has 0 aromatic carbocycles. The van der Waals surface area contributed by atoms with Gasteiger partial charge in [0.05, 0.1) is 19.8 Å². The Balaban J connectivity index is 2.38. The maximum absolute atomic E-state index is 12.1. The highest BCUT2D eigenvalue weighted by Crippen LogP contribution is 1.98. The van der Waals surface area contributed by atoms with Crippen LogP contribution in [0.15, 0.2) is 0 Å². The van der Waals surface area contributed by atoms with Crippen molar-refractivity contribution in [2.45, 2.75) is 6.42 Å². The summed E-state index contributed by atoms with van der Waals surface area (Å²) in [5.74, 6) is 0.0722. The van der Waals surface area contributed by atoms with Gasteiger partial charge in [-0.2, -0.15) is 0 Å². The molecule has 18 heavy (non-hydrogen) atoms. The number of nitrogens with zero attached hydrogens (tertiary/aromatic N) is 2. The minimum atomic E-state index is -0.00297. The molecule has 1 aliphatic rings. The highest BCUT2D eigenvalue weighted by molar-refractivity contribution is 5.78. The number of hydrogen-bond donors (Lipinski definition) is 2. The molecule has 1 fully saturated rings. The quantitative estimate of drug-likeness (QED) is 0.598. The largest absolute Gasteiger partial charge is 0.395 e. The van der Waals surface area contributed by atoms with Crippen molar-refractivity contribution in [1.82, 2.24) is 15.1 Å². The van der Waals surface area contributed by atoms with Gasteiger partial charge in [0.25, 0.3) is 0 Å². The van der Waals surface area contributed by atoms with E-state index in [2.05, 4.69) is 10.2 Å². The van der Waals surface area contributed by atoms with Gasteiger partial charge >= 0.3 is 0 Å². The van der Waals surface area contributed by atoms with Gasteiger partial charge in [-0.05, 0) is 19.5 Å². The van der Waals surface area contributed by atoms with Gasteiger partial charge in [-0.3, -0.25) is 9.69 Å². The number of aliphatic hydroxyl groups is 1. The second-order valence-corrected chi connectivity index (χ2v) is 4.48. The Morgan fingerprint density at radius 2 is 2.22 bits per heavy atom. The van der Waals surface area contributed by atoms with Crippen LogP contribution >= 0.6 is 0 Å². The summed E-state index contributed by atoms with van der Waals surface area (Å²) in [4.78, 5) is 16.0. The molecule has 1 rings (SSSR count). The smallest absolute Gasteiger partial charge is 0.236 e. The highest BCUT2D eigenvalue weighted by Gasteiger charge is 2.17. The van der Waals surface area contributed by atoms with Crippen LogP contribution in [0, 0.1) is 0 Å². The Labute approximate surface area is 109 Å². The molecular formula is C12H25N3O3. The molecule has 6 nitrogen and oxygen atoms in total. The van der Waals surface area contributed by atoms with Crippen molar-refractivity contribution in [2.24, 2.45) is 0 Å². The van der Waals surface area contributed by atoms with Gasteiger partial charge in [0.1, 0.15) is 0 Å². The number of carbonyl (C=O) groups excluding carboxylic acids is 1. The van der Waals surface area contributed by atoms with E-state index in [0.717, 1.165) is 32.6 Å². The molecule has 1 heterocycles. The number of carbonyl (C=O) groups is 1. The zero-order chi connectivity index (χ0) is 13.2. The molecule has 0 bridgehead atoms. The average molecular weight is 259 g/mol. The topological polar surface area (TPSA) is 65.0 Å². The first kappa shape index (κ1) is 15.4. The number of nitrogens with one attached hydrogen (secondary N) is 1. The predicted octanol–water partition coefficient (Wildman–Crippen LogP) is -1.25. The van der Waals surface area contributed by atoms with Gasteiger partial charge in [-0.1, -0.05) is 0 Å². The monoisotopic (exact) mass is 259 g/mol. The molecule has 0 unspecified atom stereocenters. The molecule has 0 radical (unpaired) electrons. The summed E-state index contributed by atoms with van der Waals surface area (Å²) >= 11 is 0. The minimum absolute atomic E-state index is 0.00297. The standard InChI is InChI=1S/C12H25N3O3/c1-18-10-8-15(7-9-16)12(17)11-14-5-2-3-13-4-6-14/h13,16H,2-11H2,1H3. The van der Waals surface area contributed by atoms with E-state index < -0.39 is 0 Å². The summed E-state index contributed by atoms with van der Waals surface area (Å²) in [5, 5.41) is 12.3. The molecule has 0 aliphatic carbocycles. The van der Waals surface area contributed by atoms with Crippen LogP contribution in [0.4, 0.5) is 0 Å². The second-order valence-electron chi connectivity index (χ2n) is 4.48. The Hall–Kier alpha value is -0.690. The van der Waals surface area contributed by atoms with Gasteiger partial charge in [0.2, 0.25) is 5.91 Å². The van der Waals surface area contributed by atoms with E-state index in [1.54, 1.807) is 12.0 Å². The predicted molar refractivity (Wildman–Crippen MR) is 69.5 cm³/mol. The van der Waals surface area contributed by atoms with E-state index >= 15 is 0 Å². The molecule has 0 aromatic rings. The van der Waals surface area contributed by atoms with Crippen LogP contribution in [-0.2, 0) is 9.53 Å². The second kappa shape index (κ2) is 9.27. The fraction of sp³-hybridized carbons (Fsp3) is 0.917. The number of hydrogen-bond acceptors (Lipinski definition) is 5. The lowest BCUT2D eigenvalue weighted by molar-refractivity contribution is -0.133. The lowest BCUT2D eigenvalue weighted by Crippen LogP contribution is -2.43. The van der Waals surface area contributed by atoms with Crippen molar-refractivity contribution < 1.29 is 14.6 Å². The van der Waals surface area contributed by atoms with Crippen LogP contribution in [0.25, 0.3) is 0 Å². The van der Waals surface area contributed by atoms with Crippen molar-refractivity contribution in [1.29, 1.82) is 0 Å². The van der Waals surface area contributed by atoms with Crippen LogP contribution in [0.5, 0.6) is 0 Å². The van der Waals surface area contributed by atoms with Gasteiger partial charge < -0.3 is 20.1 Å². The van der Waals surface area contributed by atoms with Crippen molar-refractivity contribution in [3.63, 3.8) is 0 Å². The average Bonchev–Trinajstić information content (AvgIpc) is 2.63. The lowest BCUT2D eigenvalue weighted by Gasteiger charge is -2.25. The zero-order valence-corrected chi connectivity index (χ0v) is 11.2. The molecule has 2 N–H and O–H groups in total. The molecule has 106 valence electrons. The molecule has 1 aliphatic heterocycles. The molecule has 1 amide bonds. The Kier molecular flexibility index (Phi) is 7.91. The fourth-order valence-electron chi connectivity index (χ4n) is 2.03. The van der Waals surface area contributed by atoms with E-state index in [0.29, 0.717) is 26.2 Å². The van der Waals surface area contributed by atoms with Crippen molar-refractivity contribution >= 4 is 5.91 Å². The third-order valence-corrected chi connectivity index (χ3v) is 3.08. The first-order valence-electron chi connectivity index (χ1n) is 6.58. The molecule has 6 heteroatoms. The Morgan fingerprint density at radius 1 is 1.39 bits per heavy atom. The van der Waals surface area contributed by atoms with Gasteiger partial charge in [0, 0.05) is 33.3 Å². The van der Waals surface area contributed by atoms with Crippen molar-refractivity contribution in [3.8, 4) is 0 Å². The van der Waals surface area contributed by atoms with E-state index in [1.165, 1.54) is 0 Å². The zero-order valence-electron chi connectivity index (χ0n) is 11.2.